The summed E-state index contributed by atoms with van der Waals surface area (Å²) < 4.78 is 20.5. The first-order chi connectivity index (χ1) is 16.4. The molecule has 4 aromatic rings. The summed E-state index contributed by atoms with van der Waals surface area (Å²) in [6.45, 7) is 1.66. The number of fused-ring (bicyclic) bond motifs is 1. The van der Waals surface area contributed by atoms with Gasteiger partial charge in [0.2, 0.25) is 0 Å². The number of benzene rings is 2. The van der Waals surface area contributed by atoms with Gasteiger partial charge in [0.1, 0.15) is 23.9 Å². The molecule has 2 heterocycles. The zero-order valence-corrected chi connectivity index (χ0v) is 18.3. The van der Waals surface area contributed by atoms with Gasteiger partial charge in [-0.05, 0) is 61.7 Å². The molecule has 0 radical (unpaired) electrons. The van der Waals surface area contributed by atoms with Gasteiger partial charge in [-0.25, -0.2) is 13.8 Å². The van der Waals surface area contributed by atoms with Crippen molar-refractivity contribution in [2.24, 2.45) is 0 Å². The van der Waals surface area contributed by atoms with Crippen molar-refractivity contribution < 1.29 is 13.9 Å². The number of amides is 1. The summed E-state index contributed by atoms with van der Waals surface area (Å²) in [5.41, 5.74) is 0.640. The highest BCUT2D eigenvalue weighted by atomic mass is 19.1. The van der Waals surface area contributed by atoms with Crippen LogP contribution in [0.4, 0.5) is 4.39 Å². The summed E-state index contributed by atoms with van der Waals surface area (Å²) in [5, 5.41) is 3.15. The lowest BCUT2D eigenvalue weighted by Crippen LogP contribution is -2.34. The van der Waals surface area contributed by atoms with Crippen LogP contribution in [0.1, 0.15) is 34.5 Å². The summed E-state index contributed by atoms with van der Waals surface area (Å²) in [4.78, 5) is 45.2. The zero-order valence-electron chi connectivity index (χ0n) is 18.3. The first kappa shape index (κ1) is 21.6. The van der Waals surface area contributed by atoms with E-state index in [1.54, 1.807) is 31.2 Å². The molecule has 2 aromatic heterocycles. The Labute approximate surface area is 193 Å². The molecule has 1 fully saturated rings. The van der Waals surface area contributed by atoms with Gasteiger partial charge in [-0.3, -0.25) is 14.6 Å². The summed E-state index contributed by atoms with van der Waals surface area (Å²) in [5.74, 6) is -0.370. The molecule has 9 heteroatoms. The van der Waals surface area contributed by atoms with E-state index in [1.165, 1.54) is 30.5 Å². The number of aromatic amines is 1. The molecule has 0 aliphatic heterocycles. The summed E-state index contributed by atoms with van der Waals surface area (Å²) >= 11 is 0. The van der Waals surface area contributed by atoms with E-state index in [0.717, 1.165) is 17.4 Å². The van der Waals surface area contributed by atoms with Gasteiger partial charge < -0.3 is 15.0 Å². The van der Waals surface area contributed by atoms with E-state index in [9.17, 15) is 18.8 Å². The lowest BCUT2D eigenvalue weighted by atomic mass is 10.1. The fraction of sp³-hybridized carbons (Fsp3) is 0.200. The Bertz CT molecular complexity index is 1540. The van der Waals surface area contributed by atoms with Crippen LogP contribution in [-0.2, 0) is 6.61 Å². The number of ether oxygens (including phenoxy) is 1. The highest BCUT2D eigenvalue weighted by Gasteiger charge is 2.24. The van der Waals surface area contributed by atoms with Gasteiger partial charge in [0.25, 0.3) is 11.5 Å². The fourth-order valence-electron chi connectivity index (χ4n) is 3.67. The minimum Gasteiger partial charge on any atom is -0.487 e. The maximum atomic E-state index is 13.8. The Morgan fingerprint density at radius 3 is 2.79 bits per heavy atom. The Balaban J connectivity index is 1.50. The standard InChI is InChI=1S/C25H21FN4O4/c1-14-4-8-17(34-13-21-19(26)3-2-10-27-21)12-22(14)30-24(32)18-9-5-15(11-20(18)29-25(30)33)23(31)28-16-6-7-16/h2-5,8-12,16H,6-7,13H2,1H3,(H,28,31)(H,29,33). The quantitative estimate of drug-likeness (QED) is 0.460. The average molecular weight is 460 g/mol. The first-order valence-electron chi connectivity index (χ1n) is 10.8. The van der Waals surface area contributed by atoms with E-state index in [0.29, 0.717) is 22.6 Å². The molecule has 2 N–H and O–H groups in total. The van der Waals surface area contributed by atoms with E-state index >= 15 is 0 Å². The number of carbonyl (C=O) groups is 1. The van der Waals surface area contributed by atoms with E-state index in [1.807, 2.05) is 0 Å². The van der Waals surface area contributed by atoms with Crippen LogP contribution in [0.25, 0.3) is 16.6 Å². The lowest BCUT2D eigenvalue weighted by molar-refractivity contribution is 0.0951. The van der Waals surface area contributed by atoms with Crippen molar-refractivity contribution in [2.75, 3.05) is 0 Å². The number of nitrogens with one attached hydrogen (secondary N) is 2. The summed E-state index contributed by atoms with van der Waals surface area (Å²) in [7, 11) is 0. The van der Waals surface area contributed by atoms with Gasteiger partial charge in [-0.2, -0.15) is 0 Å². The number of aromatic nitrogens is 3. The molecule has 8 nitrogen and oxygen atoms in total. The van der Waals surface area contributed by atoms with Crippen molar-refractivity contribution in [3.63, 3.8) is 0 Å². The number of H-pyrrole nitrogens is 1. The van der Waals surface area contributed by atoms with Gasteiger partial charge in [-0.15, -0.1) is 0 Å². The maximum Gasteiger partial charge on any atom is 0.333 e. The van der Waals surface area contributed by atoms with Crippen LogP contribution in [0.3, 0.4) is 0 Å². The van der Waals surface area contributed by atoms with E-state index < -0.39 is 17.1 Å². The molecule has 1 aliphatic carbocycles. The van der Waals surface area contributed by atoms with Crippen molar-refractivity contribution in [3.05, 3.63) is 98.2 Å². The number of hydrogen-bond donors (Lipinski definition) is 2. The molecule has 5 rings (SSSR count). The van der Waals surface area contributed by atoms with Crippen molar-refractivity contribution >= 4 is 16.8 Å². The van der Waals surface area contributed by atoms with Crippen LogP contribution in [0, 0.1) is 12.7 Å². The highest BCUT2D eigenvalue weighted by molar-refractivity contribution is 5.97. The molecule has 0 unspecified atom stereocenters. The Morgan fingerprint density at radius 2 is 2.03 bits per heavy atom. The highest BCUT2D eigenvalue weighted by Crippen LogP contribution is 2.22. The molecular weight excluding hydrogens is 439 g/mol. The van der Waals surface area contributed by atoms with E-state index in [4.69, 9.17) is 4.74 Å². The number of halogens is 1. The Kier molecular flexibility index (Phi) is 5.45. The molecule has 0 atom stereocenters. The smallest absolute Gasteiger partial charge is 0.333 e. The number of carbonyl (C=O) groups excluding carboxylic acids is 1. The fourth-order valence-corrected chi connectivity index (χ4v) is 3.67. The average Bonchev–Trinajstić information content (AvgIpc) is 3.64. The molecule has 0 spiro atoms. The SMILES string of the molecule is Cc1ccc(OCc2ncccc2F)cc1-n1c(=O)[nH]c2cc(C(=O)NC3CC3)ccc2c1=O. The van der Waals surface area contributed by atoms with E-state index in [2.05, 4.69) is 15.3 Å². The zero-order chi connectivity index (χ0) is 23.8. The van der Waals surface area contributed by atoms with Crippen molar-refractivity contribution in [1.82, 2.24) is 19.9 Å². The van der Waals surface area contributed by atoms with Gasteiger partial charge in [-0.1, -0.05) is 6.07 Å². The number of aryl methyl sites for hydroxylation is 1. The number of nitrogens with zero attached hydrogens (tertiary/aromatic N) is 2. The Hall–Kier alpha value is -4.27. The van der Waals surface area contributed by atoms with Crippen LogP contribution in [0.15, 0.2) is 64.3 Å². The van der Waals surface area contributed by atoms with Crippen LogP contribution in [-0.4, -0.2) is 26.5 Å². The monoisotopic (exact) mass is 460 g/mol. The molecule has 34 heavy (non-hydrogen) atoms. The molecule has 172 valence electrons. The van der Waals surface area contributed by atoms with Crippen molar-refractivity contribution in [2.45, 2.75) is 32.4 Å². The topological polar surface area (TPSA) is 106 Å². The molecule has 1 saturated carbocycles. The normalized spacial score (nSPS) is 13.1. The summed E-state index contributed by atoms with van der Waals surface area (Å²) in [6.07, 6.45) is 3.39. The minimum absolute atomic E-state index is 0.107. The van der Waals surface area contributed by atoms with Crippen LogP contribution < -0.4 is 21.3 Å². The maximum absolute atomic E-state index is 13.8. The van der Waals surface area contributed by atoms with Crippen LogP contribution >= 0.6 is 0 Å². The van der Waals surface area contributed by atoms with E-state index in [-0.39, 0.29) is 35.2 Å². The van der Waals surface area contributed by atoms with Crippen molar-refractivity contribution in [3.8, 4) is 11.4 Å². The number of pyridine rings is 1. The van der Waals surface area contributed by atoms with Crippen LogP contribution in [0.2, 0.25) is 0 Å². The van der Waals surface area contributed by atoms with Gasteiger partial charge in [0.05, 0.1) is 16.6 Å². The van der Waals surface area contributed by atoms with Crippen LogP contribution in [0.5, 0.6) is 5.75 Å². The third-order valence-electron chi connectivity index (χ3n) is 5.70. The molecule has 0 saturated heterocycles. The second kappa shape index (κ2) is 8.58. The predicted octanol–water partition coefficient (Wildman–Crippen LogP) is 2.99. The summed E-state index contributed by atoms with van der Waals surface area (Å²) in [6, 6.07) is 12.5. The first-order valence-corrected chi connectivity index (χ1v) is 10.8. The van der Waals surface area contributed by atoms with Crippen molar-refractivity contribution in [1.29, 1.82) is 0 Å². The molecule has 2 aromatic carbocycles. The van der Waals surface area contributed by atoms with Gasteiger partial charge in [0, 0.05) is 23.9 Å². The molecular formula is C25H21FN4O4. The number of hydrogen-bond acceptors (Lipinski definition) is 5. The van der Waals surface area contributed by atoms with Gasteiger partial charge >= 0.3 is 5.69 Å². The molecule has 1 amide bonds. The molecule has 1 aliphatic rings. The number of rotatable bonds is 6. The third kappa shape index (κ3) is 4.19. The predicted molar refractivity (Wildman–Crippen MR) is 124 cm³/mol. The lowest BCUT2D eigenvalue weighted by Gasteiger charge is -2.13. The molecule has 0 bridgehead atoms. The minimum atomic E-state index is -0.645. The largest absolute Gasteiger partial charge is 0.487 e. The Morgan fingerprint density at radius 1 is 1.21 bits per heavy atom. The third-order valence-corrected chi connectivity index (χ3v) is 5.70. The second-order valence-electron chi connectivity index (χ2n) is 8.25. The second-order valence-corrected chi connectivity index (χ2v) is 8.25. The van der Waals surface area contributed by atoms with Gasteiger partial charge in [0.15, 0.2) is 0 Å².